The third kappa shape index (κ3) is 5.68. The molecule has 9 heteroatoms. The molecule has 0 aromatic carbocycles. The van der Waals surface area contributed by atoms with Gasteiger partial charge < -0.3 is 35.7 Å². The van der Waals surface area contributed by atoms with Gasteiger partial charge in [0.15, 0.2) is 0 Å². The first kappa shape index (κ1) is 16.4. The number of hydrogen-bond donors (Lipinski definition) is 5. The third-order valence-electron chi connectivity index (χ3n) is 2.01. The van der Waals surface area contributed by atoms with Gasteiger partial charge in [-0.1, -0.05) is 0 Å². The van der Waals surface area contributed by atoms with Crippen LogP contribution >= 0.6 is 0 Å². The first-order valence-electron chi connectivity index (χ1n) is 4.92. The van der Waals surface area contributed by atoms with E-state index in [4.69, 9.17) is 10.8 Å². The van der Waals surface area contributed by atoms with E-state index in [0.29, 0.717) is 0 Å². The largest absolute Gasteiger partial charge is 0.481 e. The molecule has 0 bridgehead atoms. The van der Waals surface area contributed by atoms with Crippen molar-refractivity contribution in [2.24, 2.45) is 5.73 Å². The molecule has 4 atom stereocenters. The van der Waals surface area contributed by atoms with E-state index in [0.717, 1.165) is 0 Å². The summed E-state index contributed by atoms with van der Waals surface area (Å²) in [6, 6.07) is -1.40. The molecule has 0 amide bonds. The number of carbonyl (C=O) groups is 3. The average molecular weight is 265 g/mol. The second kappa shape index (κ2) is 7.71. The number of ether oxygens (including phenoxy) is 1. The van der Waals surface area contributed by atoms with Gasteiger partial charge in [0, 0.05) is 0 Å². The fraction of sp³-hybridized carbons (Fsp3) is 0.667. The van der Waals surface area contributed by atoms with E-state index in [1.54, 1.807) is 0 Å². The average Bonchev–Trinajstić information content (AvgIpc) is 2.32. The van der Waals surface area contributed by atoms with Crippen LogP contribution in [0.4, 0.5) is 0 Å². The van der Waals surface area contributed by atoms with Crippen molar-refractivity contribution in [3.63, 3.8) is 0 Å². The highest BCUT2D eigenvalue weighted by molar-refractivity contribution is 5.90. The van der Waals surface area contributed by atoms with Crippen molar-refractivity contribution < 1.29 is 39.5 Å². The summed E-state index contributed by atoms with van der Waals surface area (Å²) < 4.78 is 4.33. The maximum Gasteiger partial charge on any atom is 0.317 e. The first-order valence-corrected chi connectivity index (χ1v) is 4.92. The highest BCUT2D eigenvalue weighted by Gasteiger charge is 2.30. The summed E-state index contributed by atoms with van der Waals surface area (Å²) in [7, 11) is 0. The first-order chi connectivity index (χ1) is 8.29. The molecule has 0 aromatic heterocycles. The number of hydrogen-bond acceptors (Lipinski definition) is 8. The van der Waals surface area contributed by atoms with Gasteiger partial charge in [-0.05, 0) is 0 Å². The molecule has 18 heavy (non-hydrogen) atoms. The summed E-state index contributed by atoms with van der Waals surface area (Å²) in [6.07, 6.45) is -5.93. The topological polar surface area (TPSA) is 167 Å². The Kier molecular flexibility index (Phi) is 7.05. The van der Waals surface area contributed by atoms with Crippen molar-refractivity contribution in [1.29, 1.82) is 0 Å². The molecule has 0 heterocycles. The second-order valence-corrected chi connectivity index (χ2v) is 3.52. The van der Waals surface area contributed by atoms with Crippen LogP contribution in [0.15, 0.2) is 0 Å². The summed E-state index contributed by atoms with van der Waals surface area (Å²) >= 11 is 0. The highest BCUT2D eigenvalue weighted by Crippen LogP contribution is 2.04. The number of rotatable bonds is 8. The van der Waals surface area contributed by atoms with E-state index in [1.165, 1.54) is 0 Å². The Morgan fingerprint density at radius 2 is 1.78 bits per heavy atom. The standard InChI is InChI=1S/C9H15NO8/c10-4(2-11)8(16)9(17)5(12)3-18-7(15)1-6(13)14/h2,4-5,8-9,12,16-17H,1,3,10H2,(H,13,14)/t4-,5+,8+,9+/m0/s1. The number of carboxylic acids is 1. The van der Waals surface area contributed by atoms with Crippen LogP contribution in [0.1, 0.15) is 6.42 Å². The minimum atomic E-state index is -1.80. The normalized spacial score (nSPS) is 17.3. The Balaban J connectivity index is 4.15. The molecule has 0 saturated heterocycles. The summed E-state index contributed by atoms with van der Waals surface area (Å²) in [4.78, 5) is 31.2. The SMILES string of the molecule is N[C@@H](C=O)[C@@H](O)[C@H](O)[C@H](O)COC(=O)CC(=O)O. The number of aliphatic hydroxyl groups is 3. The lowest BCUT2D eigenvalue weighted by Crippen LogP contribution is -2.50. The monoisotopic (exact) mass is 265 g/mol. The molecule has 9 nitrogen and oxygen atoms in total. The number of carbonyl (C=O) groups excluding carboxylic acids is 2. The van der Waals surface area contributed by atoms with E-state index >= 15 is 0 Å². The van der Waals surface area contributed by atoms with Crippen molar-refractivity contribution in [3.8, 4) is 0 Å². The Hall–Kier alpha value is -1.55. The molecule has 0 fully saturated rings. The predicted molar refractivity (Wildman–Crippen MR) is 55.3 cm³/mol. The van der Waals surface area contributed by atoms with Crippen molar-refractivity contribution >= 4 is 18.2 Å². The van der Waals surface area contributed by atoms with Crippen LogP contribution in [0.3, 0.4) is 0 Å². The van der Waals surface area contributed by atoms with Gasteiger partial charge in [-0.15, -0.1) is 0 Å². The van der Waals surface area contributed by atoms with Gasteiger partial charge in [0.2, 0.25) is 0 Å². The summed E-state index contributed by atoms with van der Waals surface area (Å²) in [5.74, 6) is -2.51. The molecule has 0 aliphatic rings. The third-order valence-corrected chi connectivity index (χ3v) is 2.01. The van der Waals surface area contributed by atoms with E-state index in [9.17, 15) is 29.7 Å². The zero-order chi connectivity index (χ0) is 14.3. The van der Waals surface area contributed by atoms with Crippen molar-refractivity contribution in [2.45, 2.75) is 30.8 Å². The Labute approximate surface area is 102 Å². The number of aliphatic carboxylic acids is 1. The molecular formula is C9H15NO8. The van der Waals surface area contributed by atoms with E-state index in [1.807, 2.05) is 0 Å². The van der Waals surface area contributed by atoms with E-state index in [2.05, 4.69) is 4.74 Å². The van der Waals surface area contributed by atoms with Gasteiger partial charge in [0.1, 0.15) is 37.6 Å². The lowest BCUT2D eigenvalue weighted by molar-refractivity contribution is -0.157. The van der Waals surface area contributed by atoms with E-state index < -0.39 is 49.3 Å². The van der Waals surface area contributed by atoms with Crippen molar-refractivity contribution in [3.05, 3.63) is 0 Å². The number of aliphatic hydroxyl groups excluding tert-OH is 3. The van der Waals surface area contributed by atoms with Crippen molar-refractivity contribution in [1.82, 2.24) is 0 Å². The molecule has 104 valence electrons. The maximum absolute atomic E-state index is 10.8. The zero-order valence-corrected chi connectivity index (χ0v) is 9.30. The molecule has 0 unspecified atom stereocenters. The highest BCUT2D eigenvalue weighted by atomic mass is 16.5. The lowest BCUT2D eigenvalue weighted by Gasteiger charge is -2.24. The van der Waals surface area contributed by atoms with Crippen LogP contribution in [0.2, 0.25) is 0 Å². The molecule has 0 aliphatic carbocycles. The van der Waals surface area contributed by atoms with Gasteiger partial charge in [-0.3, -0.25) is 9.59 Å². The number of nitrogens with two attached hydrogens (primary N) is 1. The molecule has 0 aliphatic heterocycles. The fourth-order valence-corrected chi connectivity index (χ4v) is 0.987. The van der Waals surface area contributed by atoms with Crippen LogP contribution < -0.4 is 5.73 Å². The minimum absolute atomic E-state index is 0.178. The molecule has 6 N–H and O–H groups in total. The zero-order valence-electron chi connectivity index (χ0n) is 9.30. The Morgan fingerprint density at radius 3 is 2.22 bits per heavy atom. The second-order valence-electron chi connectivity index (χ2n) is 3.52. The van der Waals surface area contributed by atoms with Crippen LogP contribution in [-0.4, -0.2) is 69.6 Å². The van der Waals surface area contributed by atoms with Gasteiger partial charge in [-0.25, -0.2) is 0 Å². The fourth-order valence-electron chi connectivity index (χ4n) is 0.987. The quantitative estimate of drug-likeness (QED) is 0.171. The summed E-state index contributed by atoms with van der Waals surface area (Å²) in [6.45, 7) is -0.726. The van der Waals surface area contributed by atoms with Crippen molar-refractivity contribution in [2.75, 3.05) is 6.61 Å². The molecule has 0 saturated carbocycles. The van der Waals surface area contributed by atoms with Gasteiger partial charge in [0.25, 0.3) is 0 Å². The molecular weight excluding hydrogens is 250 g/mol. The van der Waals surface area contributed by atoms with Crippen LogP contribution in [0, 0.1) is 0 Å². The van der Waals surface area contributed by atoms with E-state index in [-0.39, 0.29) is 6.29 Å². The van der Waals surface area contributed by atoms with Gasteiger partial charge >= 0.3 is 11.9 Å². The predicted octanol–water partition coefficient (Wildman–Crippen LogP) is -3.39. The molecule has 0 spiro atoms. The lowest BCUT2D eigenvalue weighted by atomic mass is 10.0. The van der Waals surface area contributed by atoms with Crippen LogP contribution in [-0.2, 0) is 19.1 Å². The smallest absolute Gasteiger partial charge is 0.317 e. The Bertz CT molecular complexity index is 307. The Morgan fingerprint density at radius 1 is 1.22 bits per heavy atom. The van der Waals surface area contributed by atoms with Crippen LogP contribution in [0.25, 0.3) is 0 Å². The number of aldehydes is 1. The summed E-state index contributed by atoms with van der Waals surface area (Å²) in [5.41, 5.74) is 5.10. The van der Waals surface area contributed by atoms with Gasteiger partial charge in [-0.2, -0.15) is 0 Å². The molecule has 0 aromatic rings. The number of esters is 1. The summed E-state index contributed by atoms with van der Waals surface area (Å²) in [5, 5.41) is 36.2. The minimum Gasteiger partial charge on any atom is -0.481 e. The maximum atomic E-state index is 10.8. The molecule has 0 rings (SSSR count). The molecule has 0 radical (unpaired) electrons. The van der Waals surface area contributed by atoms with Crippen LogP contribution in [0.5, 0.6) is 0 Å². The number of carboxylic acid groups (broad SMARTS) is 1. The van der Waals surface area contributed by atoms with Gasteiger partial charge in [0.05, 0.1) is 6.04 Å².